The molecule has 7 heteroatoms. The van der Waals surface area contributed by atoms with E-state index in [1.807, 2.05) is 62.7 Å². The summed E-state index contributed by atoms with van der Waals surface area (Å²) in [5, 5.41) is 12.1. The molecule has 1 atom stereocenters. The van der Waals surface area contributed by atoms with E-state index in [0.29, 0.717) is 11.0 Å². The quantitative estimate of drug-likeness (QED) is 0.523. The molecule has 1 heterocycles. The Morgan fingerprint density at radius 1 is 1.17 bits per heavy atom. The van der Waals surface area contributed by atoms with Crippen molar-refractivity contribution >= 4 is 23.4 Å². The standard InChI is InChI=1S/C23H28N4O2S/c1-6-18-9-11-19(12-10-18)29-17(4)22-25-26-23(27(22)5)30-14-21(28)24-20-13-15(2)7-8-16(20)3/h7-13,17H,6,14H2,1-5H3,(H,24,28)/t17-/m0/s1. The Hall–Kier alpha value is -2.80. The maximum absolute atomic E-state index is 12.4. The lowest BCUT2D eigenvalue weighted by molar-refractivity contribution is -0.113. The van der Waals surface area contributed by atoms with Crippen LogP contribution in [0.5, 0.6) is 5.75 Å². The number of carbonyl (C=O) groups excluding carboxylic acids is 1. The van der Waals surface area contributed by atoms with E-state index in [9.17, 15) is 4.79 Å². The number of nitrogens with zero attached hydrogens (tertiary/aromatic N) is 3. The highest BCUT2D eigenvalue weighted by Gasteiger charge is 2.18. The molecular weight excluding hydrogens is 396 g/mol. The molecule has 1 amide bonds. The second-order valence-corrected chi connectivity index (χ2v) is 8.26. The molecule has 0 bridgehead atoms. The first-order chi connectivity index (χ1) is 14.4. The summed E-state index contributed by atoms with van der Waals surface area (Å²) in [7, 11) is 1.89. The highest BCUT2D eigenvalue weighted by molar-refractivity contribution is 7.99. The SMILES string of the molecule is CCc1ccc(O[C@@H](C)c2nnc(SCC(=O)Nc3cc(C)ccc3C)n2C)cc1. The van der Waals surface area contributed by atoms with Crippen LogP contribution in [0, 0.1) is 13.8 Å². The molecule has 0 spiro atoms. The number of hydrogen-bond acceptors (Lipinski definition) is 5. The largest absolute Gasteiger partial charge is 0.483 e. The van der Waals surface area contributed by atoms with Gasteiger partial charge in [0, 0.05) is 12.7 Å². The van der Waals surface area contributed by atoms with Crippen LogP contribution in [0.3, 0.4) is 0 Å². The molecule has 2 aromatic carbocycles. The van der Waals surface area contributed by atoms with Gasteiger partial charge in [0.15, 0.2) is 17.1 Å². The van der Waals surface area contributed by atoms with Gasteiger partial charge in [-0.3, -0.25) is 4.79 Å². The molecule has 0 fully saturated rings. The van der Waals surface area contributed by atoms with Gasteiger partial charge in [0.1, 0.15) is 5.75 Å². The number of ether oxygens (including phenoxy) is 1. The van der Waals surface area contributed by atoms with Crippen molar-refractivity contribution < 1.29 is 9.53 Å². The minimum Gasteiger partial charge on any atom is -0.483 e. The molecule has 0 unspecified atom stereocenters. The number of benzene rings is 2. The highest BCUT2D eigenvalue weighted by atomic mass is 32.2. The van der Waals surface area contributed by atoms with Crippen molar-refractivity contribution in [2.75, 3.05) is 11.1 Å². The number of hydrogen-bond donors (Lipinski definition) is 1. The molecule has 0 saturated heterocycles. The molecule has 0 radical (unpaired) electrons. The van der Waals surface area contributed by atoms with Crippen LogP contribution < -0.4 is 10.1 Å². The zero-order valence-electron chi connectivity index (χ0n) is 18.1. The predicted octanol–water partition coefficient (Wildman–Crippen LogP) is 4.87. The molecule has 30 heavy (non-hydrogen) atoms. The Kier molecular flexibility index (Phi) is 7.15. The van der Waals surface area contributed by atoms with Crippen molar-refractivity contribution in [2.24, 2.45) is 7.05 Å². The van der Waals surface area contributed by atoms with Gasteiger partial charge in [-0.1, -0.05) is 43.0 Å². The van der Waals surface area contributed by atoms with E-state index in [0.717, 1.165) is 29.0 Å². The third kappa shape index (κ3) is 5.42. The van der Waals surface area contributed by atoms with Crippen molar-refractivity contribution in [2.45, 2.75) is 45.4 Å². The van der Waals surface area contributed by atoms with Gasteiger partial charge in [0.05, 0.1) is 5.75 Å². The maximum atomic E-state index is 12.4. The number of aromatic nitrogens is 3. The summed E-state index contributed by atoms with van der Waals surface area (Å²) in [6.45, 7) is 8.06. The fourth-order valence-corrected chi connectivity index (χ4v) is 3.77. The molecule has 1 N–H and O–H groups in total. The molecule has 3 aromatic rings. The Labute approximate surface area is 182 Å². The molecular formula is C23H28N4O2S. The van der Waals surface area contributed by atoms with Gasteiger partial charge in [0.25, 0.3) is 0 Å². The Morgan fingerprint density at radius 2 is 1.90 bits per heavy atom. The van der Waals surface area contributed by atoms with E-state index in [1.54, 1.807) is 0 Å². The van der Waals surface area contributed by atoms with Crippen molar-refractivity contribution in [3.05, 3.63) is 65.0 Å². The number of aryl methyl sites for hydroxylation is 3. The molecule has 0 aliphatic carbocycles. The number of thioether (sulfide) groups is 1. The maximum Gasteiger partial charge on any atom is 0.234 e. The van der Waals surface area contributed by atoms with Gasteiger partial charge >= 0.3 is 0 Å². The fourth-order valence-electron chi connectivity index (χ4n) is 3.05. The second-order valence-electron chi connectivity index (χ2n) is 7.31. The summed E-state index contributed by atoms with van der Waals surface area (Å²) in [4.78, 5) is 12.4. The van der Waals surface area contributed by atoms with Crippen LogP contribution in [-0.4, -0.2) is 26.4 Å². The normalized spacial score (nSPS) is 11.9. The van der Waals surface area contributed by atoms with Crippen LogP contribution in [-0.2, 0) is 18.3 Å². The van der Waals surface area contributed by atoms with Crippen LogP contribution in [0.2, 0.25) is 0 Å². The van der Waals surface area contributed by atoms with Gasteiger partial charge in [0.2, 0.25) is 5.91 Å². The van der Waals surface area contributed by atoms with E-state index < -0.39 is 0 Å². The lowest BCUT2D eigenvalue weighted by atomic mass is 10.1. The summed E-state index contributed by atoms with van der Waals surface area (Å²) in [6.07, 6.45) is 0.740. The second kappa shape index (κ2) is 9.80. The number of anilines is 1. The number of rotatable bonds is 8. The lowest BCUT2D eigenvalue weighted by Crippen LogP contribution is -2.15. The minimum absolute atomic E-state index is 0.0708. The van der Waals surface area contributed by atoms with E-state index in [1.165, 1.54) is 17.3 Å². The summed E-state index contributed by atoms with van der Waals surface area (Å²) in [6, 6.07) is 14.1. The Balaban J connectivity index is 1.59. The summed E-state index contributed by atoms with van der Waals surface area (Å²) < 4.78 is 7.89. The van der Waals surface area contributed by atoms with Crippen LogP contribution in [0.1, 0.15) is 42.5 Å². The summed E-state index contributed by atoms with van der Waals surface area (Å²) in [5.74, 6) is 1.70. The average molecular weight is 425 g/mol. The number of carbonyl (C=O) groups is 1. The van der Waals surface area contributed by atoms with Gasteiger partial charge in [-0.25, -0.2) is 0 Å². The number of amides is 1. The fraction of sp³-hybridized carbons (Fsp3) is 0.348. The third-order valence-electron chi connectivity index (χ3n) is 4.88. The molecule has 0 saturated carbocycles. The smallest absolute Gasteiger partial charge is 0.234 e. The van der Waals surface area contributed by atoms with E-state index >= 15 is 0 Å². The van der Waals surface area contributed by atoms with E-state index in [-0.39, 0.29) is 17.8 Å². The predicted molar refractivity (Wildman–Crippen MR) is 121 cm³/mol. The van der Waals surface area contributed by atoms with Crippen molar-refractivity contribution in [1.82, 2.24) is 14.8 Å². The average Bonchev–Trinajstić information content (AvgIpc) is 3.10. The van der Waals surface area contributed by atoms with Gasteiger partial charge in [-0.2, -0.15) is 0 Å². The first kappa shape index (κ1) is 21.9. The molecule has 158 valence electrons. The van der Waals surface area contributed by atoms with Crippen LogP contribution in [0.4, 0.5) is 5.69 Å². The number of nitrogens with one attached hydrogen (secondary N) is 1. The summed E-state index contributed by atoms with van der Waals surface area (Å²) >= 11 is 1.36. The first-order valence-corrected chi connectivity index (χ1v) is 11.0. The van der Waals surface area contributed by atoms with Crippen molar-refractivity contribution in [1.29, 1.82) is 0 Å². The van der Waals surface area contributed by atoms with Gasteiger partial charge < -0.3 is 14.6 Å². The molecule has 0 aliphatic heterocycles. The zero-order valence-corrected chi connectivity index (χ0v) is 18.9. The van der Waals surface area contributed by atoms with Crippen molar-refractivity contribution in [3.8, 4) is 5.75 Å². The van der Waals surface area contributed by atoms with Gasteiger partial charge in [-0.15, -0.1) is 10.2 Å². The molecule has 6 nitrogen and oxygen atoms in total. The van der Waals surface area contributed by atoms with E-state index in [4.69, 9.17) is 4.74 Å². The highest BCUT2D eigenvalue weighted by Crippen LogP contribution is 2.24. The molecule has 3 rings (SSSR count). The van der Waals surface area contributed by atoms with Crippen LogP contribution in [0.15, 0.2) is 47.6 Å². The zero-order chi connectivity index (χ0) is 21.7. The Bertz CT molecular complexity index is 1010. The molecule has 1 aromatic heterocycles. The van der Waals surface area contributed by atoms with Crippen molar-refractivity contribution in [3.63, 3.8) is 0 Å². The molecule has 0 aliphatic rings. The summed E-state index contributed by atoms with van der Waals surface area (Å²) in [5.41, 5.74) is 4.26. The Morgan fingerprint density at radius 3 is 2.60 bits per heavy atom. The van der Waals surface area contributed by atoms with E-state index in [2.05, 4.69) is 34.6 Å². The van der Waals surface area contributed by atoms with Crippen LogP contribution in [0.25, 0.3) is 0 Å². The third-order valence-corrected chi connectivity index (χ3v) is 5.90. The minimum atomic E-state index is -0.256. The lowest BCUT2D eigenvalue weighted by Gasteiger charge is -2.14. The monoisotopic (exact) mass is 424 g/mol. The first-order valence-electron chi connectivity index (χ1n) is 10.0. The topological polar surface area (TPSA) is 69.0 Å². The van der Waals surface area contributed by atoms with Crippen LogP contribution >= 0.6 is 11.8 Å². The van der Waals surface area contributed by atoms with Gasteiger partial charge in [-0.05, 0) is 62.1 Å².